The Morgan fingerprint density at radius 3 is 2.30 bits per heavy atom. The summed E-state index contributed by atoms with van der Waals surface area (Å²) < 4.78 is 0. The van der Waals surface area contributed by atoms with Gasteiger partial charge in [-0.1, -0.05) is 44.8 Å². The van der Waals surface area contributed by atoms with E-state index in [0.717, 1.165) is 12.8 Å². The van der Waals surface area contributed by atoms with E-state index in [2.05, 4.69) is 6.92 Å². The molecule has 0 aliphatic heterocycles. The van der Waals surface area contributed by atoms with Gasteiger partial charge in [-0.3, -0.25) is 9.59 Å². The van der Waals surface area contributed by atoms with Crippen LogP contribution in [0.1, 0.15) is 90.4 Å². The summed E-state index contributed by atoms with van der Waals surface area (Å²) in [5, 5.41) is 29.1. The van der Waals surface area contributed by atoms with Gasteiger partial charge in [0.1, 0.15) is 5.78 Å². The van der Waals surface area contributed by atoms with Crippen LogP contribution in [0.2, 0.25) is 0 Å². The van der Waals surface area contributed by atoms with Gasteiger partial charge in [-0.05, 0) is 50.4 Å². The fraction of sp³-hybridized carbons (Fsp3) is 0.818. The van der Waals surface area contributed by atoms with E-state index in [1.54, 1.807) is 0 Å². The molecule has 0 bridgehead atoms. The van der Waals surface area contributed by atoms with Gasteiger partial charge in [0.15, 0.2) is 0 Å². The van der Waals surface area contributed by atoms with Crippen molar-refractivity contribution in [1.82, 2.24) is 0 Å². The van der Waals surface area contributed by atoms with Crippen LogP contribution >= 0.6 is 0 Å². The predicted molar refractivity (Wildman–Crippen MR) is 106 cm³/mol. The van der Waals surface area contributed by atoms with E-state index in [1.165, 1.54) is 19.3 Å². The third-order valence-corrected chi connectivity index (χ3v) is 5.67. The minimum atomic E-state index is -0.784. The number of aliphatic carboxylic acids is 1. The van der Waals surface area contributed by atoms with E-state index in [0.29, 0.717) is 44.9 Å². The Balaban J connectivity index is 2.32. The van der Waals surface area contributed by atoms with Gasteiger partial charge in [-0.25, -0.2) is 0 Å². The number of hydrogen-bond donors (Lipinski definition) is 3. The van der Waals surface area contributed by atoms with Crippen LogP contribution in [0.3, 0.4) is 0 Å². The van der Waals surface area contributed by atoms with Crippen molar-refractivity contribution in [1.29, 1.82) is 0 Å². The zero-order valence-electron chi connectivity index (χ0n) is 16.8. The summed E-state index contributed by atoms with van der Waals surface area (Å²) in [5.74, 6) is -0.573. The van der Waals surface area contributed by atoms with Gasteiger partial charge in [-0.2, -0.15) is 0 Å². The lowest BCUT2D eigenvalue weighted by Gasteiger charge is -2.22. The van der Waals surface area contributed by atoms with Crippen LogP contribution in [0.5, 0.6) is 0 Å². The lowest BCUT2D eigenvalue weighted by Crippen LogP contribution is -2.22. The van der Waals surface area contributed by atoms with Gasteiger partial charge in [0.25, 0.3) is 0 Å². The van der Waals surface area contributed by atoms with Crippen molar-refractivity contribution >= 4 is 11.8 Å². The molecule has 3 N–H and O–H groups in total. The van der Waals surface area contributed by atoms with Crippen LogP contribution in [0.15, 0.2) is 12.2 Å². The molecule has 1 aliphatic carbocycles. The molecular formula is C22H38O5. The summed E-state index contributed by atoms with van der Waals surface area (Å²) in [6, 6.07) is 0. The Morgan fingerprint density at radius 2 is 1.59 bits per heavy atom. The maximum Gasteiger partial charge on any atom is 0.303 e. The zero-order valence-corrected chi connectivity index (χ0v) is 16.8. The van der Waals surface area contributed by atoms with Crippen molar-refractivity contribution in [3.8, 4) is 0 Å². The first-order valence-electron chi connectivity index (χ1n) is 10.7. The van der Waals surface area contributed by atoms with E-state index in [4.69, 9.17) is 5.11 Å². The highest BCUT2D eigenvalue weighted by atomic mass is 16.4. The van der Waals surface area contributed by atoms with Gasteiger partial charge >= 0.3 is 5.97 Å². The maximum atomic E-state index is 12.1. The number of carboxylic acids is 1. The number of allylic oxidation sites excluding steroid dienone is 2. The Bertz CT molecular complexity index is 460. The van der Waals surface area contributed by atoms with Crippen LogP contribution in [0.4, 0.5) is 0 Å². The molecule has 0 unspecified atom stereocenters. The number of unbranched alkanes of at least 4 members (excludes halogenated alkanes) is 5. The molecule has 5 heteroatoms. The maximum absolute atomic E-state index is 12.1. The van der Waals surface area contributed by atoms with E-state index in [9.17, 15) is 19.8 Å². The van der Waals surface area contributed by atoms with Crippen molar-refractivity contribution < 1.29 is 24.9 Å². The number of carboxylic acid groups (broad SMARTS) is 1. The molecule has 1 saturated carbocycles. The number of ketones is 1. The molecule has 1 aliphatic rings. The molecule has 0 saturated heterocycles. The van der Waals surface area contributed by atoms with Gasteiger partial charge in [0.05, 0.1) is 12.2 Å². The predicted octanol–water partition coefficient (Wildman–Crippen LogP) is 4.26. The molecule has 1 rings (SSSR count). The Morgan fingerprint density at radius 1 is 0.889 bits per heavy atom. The van der Waals surface area contributed by atoms with Crippen LogP contribution in [0.25, 0.3) is 0 Å². The smallest absolute Gasteiger partial charge is 0.303 e. The molecule has 0 amide bonds. The van der Waals surface area contributed by atoms with Crippen molar-refractivity contribution in [2.45, 2.75) is 103 Å². The summed E-state index contributed by atoms with van der Waals surface area (Å²) in [4.78, 5) is 22.6. The van der Waals surface area contributed by atoms with Crippen molar-refractivity contribution in [3.05, 3.63) is 12.2 Å². The Labute approximate surface area is 163 Å². The second-order valence-electron chi connectivity index (χ2n) is 7.93. The van der Waals surface area contributed by atoms with Gasteiger partial charge < -0.3 is 15.3 Å². The molecule has 5 nitrogen and oxygen atoms in total. The fourth-order valence-electron chi connectivity index (χ4n) is 4.03. The highest BCUT2D eigenvalue weighted by molar-refractivity contribution is 5.78. The summed E-state index contributed by atoms with van der Waals surface area (Å²) in [5.41, 5.74) is 0. The number of carbonyl (C=O) groups is 2. The number of Topliss-reactive ketones (excluding diaryl/α,β-unsaturated/α-hetero) is 1. The average molecular weight is 383 g/mol. The van der Waals surface area contributed by atoms with Gasteiger partial charge in [-0.15, -0.1) is 0 Å². The van der Waals surface area contributed by atoms with E-state index in [-0.39, 0.29) is 24.0 Å². The first-order chi connectivity index (χ1) is 13.0. The molecule has 0 aromatic rings. The minimum absolute atomic E-state index is 0.0203. The standard InChI is InChI=1S/C22H38O5/c1-2-3-4-5-8-11-17(23)14-15-19-18(20(24)16-21(19)25)12-9-6-7-10-13-22(26)27/h6,9,18-21,24-25H,2-5,7-8,10-16H2,1H3,(H,26,27)/b9-6+/t18-,19-,20-,21-/m1/s1. The Hall–Kier alpha value is -1.20. The fourth-order valence-corrected chi connectivity index (χ4v) is 4.03. The molecule has 4 atom stereocenters. The van der Waals surface area contributed by atoms with E-state index >= 15 is 0 Å². The quantitative estimate of drug-likeness (QED) is 0.291. The lowest BCUT2D eigenvalue weighted by atomic mass is 9.86. The highest BCUT2D eigenvalue weighted by Gasteiger charge is 2.40. The van der Waals surface area contributed by atoms with Crippen LogP contribution in [-0.2, 0) is 9.59 Å². The average Bonchev–Trinajstić information content (AvgIpc) is 2.88. The number of carbonyl (C=O) groups excluding carboxylic acids is 1. The third kappa shape index (κ3) is 10.1. The largest absolute Gasteiger partial charge is 0.481 e. The second kappa shape index (κ2) is 13.9. The molecule has 0 radical (unpaired) electrons. The molecule has 0 spiro atoms. The molecule has 0 aromatic heterocycles. The summed E-state index contributed by atoms with van der Waals surface area (Å²) >= 11 is 0. The lowest BCUT2D eigenvalue weighted by molar-refractivity contribution is -0.137. The van der Waals surface area contributed by atoms with Crippen molar-refractivity contribution in [2.75, 3.05) is 0 Å². The first kappa shape index (κ1) is 23.8. The molecule has 0 heterocycles. The molecule has 156 valence electrons. The number of hydrogen-bond acceptors (Lipinski definition) is 4. The molecule has 0 aromatic carbocycles. The third-order valence-electron chi connectivity index (χ3n) is 5.67. The monoisotopic (exact) mass is 382 g/mol. The van der Waals surface area contributed by atoms with Crippen LogP contribution in [-0.4, -0.2) is 39.3 Å². The minimum Gasteiger partial charge on any atom is -0.481 e. The van der Waals surface area contributed by atoms with Gasteiger partial charge in [0.2, 0.25) is 0 Å². The zero-order chi connectivity index (χ0) is 20.1. The summed E-state index contributed by atoms with van der Waals surface area (Å²) in [6.07, 6.45) is 12.8. The van der Waals surface area contributed by atoms with Crippen LogP contribution < -0.4 is 0 Å². The van der Waals surface area contributed by atoms with Gasteiger partial charge in [0, 0.05) is 19.3 Å². The summed E-state index contributed by atoms with van der Waals surface area (Å²) in [7, 11) is 0. The molecule has 27 heavy (non-hydrogen) atoms. The number of aliphatic hydroxyl groups excluding tert-OH is 2. The topological polar surface area (TPSA) is 94.8 Å². The Kier molecular flexibility index (Phi) is 12.3. The van der Waals surface area contributed by atoms with Crippen molar-refractivity contribution in [2.24, 2.45) is 11.8 Å². The molecular weight excluding hydrogens is 344 g/mol. The second-order valence-corrected chi connectivity index (χ2v) is 7.93. The normalized spacial score (nSPS) is 25.3. The SMILES string of the molecule is CCCCCCCC(=O)CC[C@@H]1[C@@H](C/C=C/CCCC(=O)O)[C@H](O)C[C@H]1O. The number of rotatable bonds is 15. The van der Waals surface area contributed by atoms with E-state index in [1.807, 2.05) is 12.2 Å². The van der Waals surface area contributed by atoms with Crippen molar-refractivity contribution in [3.63, 3.8) is 0 Å². The van der Waals surface area contributed by atoms with E-state index < -0.39 is 18.2 Å². The summed E-state index contributed by atoms with van der Waals surface area (Å²) in [6.45, 7) is 2.17. The van der Waals surface area contributed by atoms with Crippen LogP contribution in [0, 0.1) is 11.8 Å². The number of aliphatic hydroxyl groups is 2. The molecule has 1 fully saturated rings. The first-order valence-corrected chi connectivity index (χ1v) is 10.7. The highest BCUT2D eigenvalue weighted by Crippen LogP contribution is 2.38.